The number of hydrogen-bond acceptors (Lipinski definition) is 6. The van der Waals surface area contributed by atoms with E-state index in [0.717, 1.165) is 44.3 Å². The number of phenolic OH excluding ortho intramolecular Hbond substituents is 1. The number of nitrogens with one attached hydrogen (secondary N) is 1. The van der Waals surface area contributed by atoms with Crippen molar-refractivity contribution in [2.45, 2.75) is 55.8 Å². The average Bonchev–Trinajstić information content (AvgIpc) is 3.08. The van der Waals surface area contributed by atoms with E-state index in [1.807, 2.05) is 12.1 Å². The first kappa shape index (κ1) is 20.2. The summed E-state index contributed by atoms with van der Waals surface area (Å²) in [6.07, 6.45) is 7.44. The second kappa shape index (κ2) is 7.77. The van der Waals surface area contributed by atoms with Gasteiger partial charge in [0.2, 0.25) is 5.91 Å². The second-order valence-electron chi connectivity index (χ2n) is 9.02. The molecule has 30 heavy (non-hydrogen) atoms. The molecule has 7 heteroatoms. The van der Waals surface area contributed by atoms with Crippen LogP contribution in [0.15, 0.2) is 24.3 Å². The third kappa shape index (κ3) is 2.97. The number of rotatable bonds is 7. The van der Waals surface area contributed by atoms with Gasteiger partial charge in [-0.3, -0.25) is 9.69 Å². The Hall–Kier alpha value is -1.70. The number of carbonyl (C=O) groups is 1. The number of hydrogen-bond donors (Lipinski definition) is 4. The largest absolute Gasteiger partial charge is 0.504 e. The molecule has 162 valence electrons. The van der Waals surface area contributed by atoms with Crippen molar-refractivity contribution >= 4 is 18.5 Å². The van der Waals surface area contributed by atoms with Crippen molar-refractivity contribution in [2.75, 3.05) is 25.4 Å². The summed E-state index contributed by atoms with van der Waals surface area (Å²) in [5, 5.41) is 24.1. The molecule has 0 saturated carbocycles. The van der Waals surface area contributed by atoms with Crippen molar-refractivity contribution in [3.05, 3.63) is 35.4 Å². The van der Waals surface area contributed by atoms with Gasteiger partial charge in [-0.2, -0.15) is 12.6 Å². The summed E-state index contributed by atoms with van der Waals surface area (Å²) in [4.78, 5) is 14.2. The van der Waals surface area contributed by atoms with Crippen LogP contribution in [0.4, 0.5) is 0 Å². The fourth-order valence-corrected chi connectivity index (χ4v) is 6.47. The Balaban J connectivity index is 1.33. The van der Waals surface area contributed by atoms with E-state index < -0.39 is 6.10 Å². The highest BCUT2D eigenvalue weighted by atomic mass is 32.1. The summed E-state index contributed by atoms with van der Waals surface area (Å²) < 4.78 is 6.20. The van der Waals surface area contributed by atoms with Crippen LogP contribution in [0.1, 0.15) is 36.8 Å². The summed E-state index contributed by atoms with van der Waals surface area (Å²) in [5.41, 5.74) is 2.15. The highest BCUT2D eigenvalue weighted by Crippen LogP contribution is 2.62. The summed E-state index contributed by atoms with van der Waals surface area (Å²) in [6, 6.07) is 4.14. The standard InChI is InChI=1S/C23H30N2O4S/c26-17-5-3-14-13-16-15-4-6-18(27)22-23(15,20(14)21(17)29-22)8-11-25(16)10-2-1-9-24-19(28)7-12-30/h3-6,15-16,18,22,26-27,30H,1-2,7-13H2,(H,24,28)/t15-,16+,18-,22-,23-/m0/s1. The Morgan fingerprint density at radius 2 is 2.20 bits per heavy atom. The van der Waals surface area contributed by atoms with Crippen LogP contribution in [0.25, 0.3) is 0 Å². The molecule has 1 aromatic carbocycles. The summed E-state index contributed by atoms with van der Waals surface area (Å²) in [5.74, 6) is 1.72. The van der Waals surface area contributed by atoms with E-state index in [1.54, 1.807) is 6.07 Å². The number of likely N-dealkylation sites (tertiary alicyclic amines) is 1. The number of unbranched alkanes of at least 4 members (excludes halogenated alkanes) is 1. The lowest BCUT2D eigenvalue weighted by Gasteiger charge is -2.57. The lowest BCUT2D eigenvalue weighted by Crippen LogP contribution is -2.65. The van der Waals surface area contributed by atoms with Gasteiger partial charge in [0.05, 0.1) is 0 Å². The zero-order valence-electron chi connectivity index (χ0n) is 17.1. The molecule has 3 N–H and O–H groups in total. The number of thiol groups is 1. The van der Waals surface area contributed by atoms with Crippen LogP contribution in [0.3, 0.4) is 0 Å². The maximum absolute atomic E-state index is 11.6. The van der Waals surface area contributed by atoms with Gasteiger partial charge in [-0.25, -0.2) is 0 Å². The van der Waals surface area contributed by atoms with Gasteiger partial charge in [-0.15, -0.1) is 0 Å². The molecule has 2 heterocycles. The molecule has 1 saturated heterocycles. The lowest BCUT2D eigenvalue weighted by atomic mass is 9.53. The molecule has 6 nitrogen and oxygen atoms in total. The topological polar surface area (TPSA) is 82.0 Å². The van der Waals surface area contributed by atoms with E-state index in [9.17, 15) is 15.0 Å². The van der Waals surface area contributed by atoms with Crippen LogP contribution in [0, 0.1) is 5.92 Å². The number of benzene rings is 1. The highest BCUT2D eigenvalue weighted by molar-refractivity contribution is 7.80. The maximum atomic E-state index is 11.6. The molecule has 4 aliphatic rings. The molecule has 2 bridgehead atoms. The van der Waals surface area contributed by atoms with Crippen LogP contribution in [0.5, 0.6) is 11.5 Å². The minimum Gasteiger partial charge on any atom is -0.504 e. The van der Waals surface area contributed by atoms with E-state index >= 15 is 0 Å². The minimum atomic E-state index is -0.646. The third-order valence-electron chi connectivity index (χ3n) is 7.52. The van der Waals surface area contributed by atoms with Crippen LogP contribution in [-0.2, 0) is 16.6 Å². The molecule has 0 aromatic heterocycles. The van der Waals surface area contributed by atoms with Gasteiger partial charge < -0.3 is 20.3 Å². The first-order chi connectivity index (χ1) is 14.6. The van der Waals surface area contributed by atoms with Crippen LogP contribution < -0.4 is 10.1 Å². The van der Waals surface area contributed by atoms with Crippen LogP contribution in [0.2, 0.25) is 0 Å². The zero-order chi connectivity index (χ0) is 20.9. The SMILES string of the molecule is O=C(CCS)NCCCCN1CC[C@]23c4c5ccc(O)c4O[C@H]2[C@@H](O)C=C[C@H]3[C@H]1C5. The molecule has 1 spiro atoms. The van der Waals surface area contributed by atoms with Crippen LogP contribution >= 0.6 is 12.6 Å². The molecular formula is C23H30N2O4S. The van der Waals surface area contributed by atoms with Crippen molar-refractivity contribution < 1.29 is 19.7 Å². The van der Waals surface area contributed by atoms with E-state index in [-0.39, 0.29) is 29.1 Å². The Morgan fingerprint density at radius 1 is 1.33 bits per heavy atom. The first-order valence-corrected chi connectivity index (χ1v) is 11.7. The van der Waals surface area contributed by atoms with Crippen molar-refractivity contribution in [3.8, 4) is 11.5 Å². The molecular weight excluding hydrogens is 400 g/mol. The van der Waals surface area contributed by atoms with Gasteiger partial charge in [0.15, 0.2) is 11.5 Å². The number of aromatic hydroxyl groups is 1. The number of aliphatic hydroxyl groups is 1. The van der Waals surface area contributed by atoms with Crippen molar-refractivity contribution in [3.63, 3.8) is 0 Å². The van der Waals surface area contributed by atoms with Gasteiger partial charge in [-0.05, 0) is 56.2 Å². The highest BCUT2D eigenvalue weighted by Gasteiger charge is 2.64. The maximum Gasteiger partial charge on any atom is 0.220 e. The van der Waals surface area contributed by atoms with Gasteiger partial charge in [0.25, 0.3) is 0 Å². The normalized spacial score (nSPS) is 33.1. The van der Waals surface area contributed by atoms with Gasteiger partial charge >= 0.3 is 0 Å². The third-order valence-corrected chi connectivity index (χ3v) is 7.74. The number of nitrogens with zero attached hydrogens (tertiary/aromatic N) is 1. The average molecular weight is 431 g/mol. The molecule has 1 aromatic rings. The minimum absolute atomic E-state index is 0.0750. The van der Waals surface area contributed by atoms with E-state index in [4.69, 9.17) is 4.74 Å². The van der Waals surface area contributed by atoms with Gasteiger partial charge in [0.1, 0.15) is 12.2 Å². The molecule has 5 rings (SSSR count). The summed E-state index contributed by atoms with van der Waals surface area (Å²) in [6.45, 7) is 2.68. The number of aliphatic hydroxyl groups excluding tert-OH is 1. The number of amides is 1. The lowest BCUT2D eigenvalue weighted by molar-refractivity contribution is -0.120. The first-order valence-electron chi connectivity index (χ1n) is 11.1. The van der Waals surface area contributed by atoms with E-state index in [0.29, 0.717) is 30.5 Å². The molecule has 1 amide bonds. The smallest absolute Gasteiger partial charge is 0.220 e. The number of phenols is 1. The Labute approximate surface area is 182 Å². The molecule has 1 fully saturated rings. The molecule has 5 atom stereocenters. The quantitative estimate of drug-likeness (QED) is 0.301. The predicted molar refractivity (Wildman–Crippen MR) is 117 cm³/mol. The van der Waals surface area contributed by atoms with Gasteiger partial charge in [0, 0.05) is 35.9 Å². The molecule has 0 unspecified atom stereocenters. The Bertz CT molecular complexity index is 875. The number of ether oxygens (including phenoxy) is 1. The second-order valence-corrected chi connectivity index (χ2v) is 9.46. The zero-order valence-corrected chi connectivity index (χ0v) is 18.0. The van der Waals surface area contributed by atoms with E-state index in [1.165, 1.54) is 5.56 Å². The Kier molecular flexibility index (Phi) is 5.24. The van der Waals surface area contributed by atoms with Gasteiger partial charge in [-0.1, -0.05) is 18.2 Å². The predicted octanol–water partition coefficient (Wildman–Crippen LogP) is 1.78. The van der Waals surface area contributed by atoms with Crippen molar-refractivity contribution in [1.29, 1.82) is 0 Å². The van der Waals surface area contributed by atoms with E-state index in [2.05, 4.69) is 28.9 Å². The monoisotopic (exact) mass is 430 g/mol. The van der Waals surface area contributed by atoms with Crippen molar-refractivity contribution in [1.82, 2.24) is 10.2 Å². The summed E-state index contributed by atoms with van der Waals surface area (Å²) in [7, 11) is 0. The fourth-order valence-electron chi connectivity index (χ4n) is 6.27. The number of carbonyl (C=O) groups excluding carboxylic acids is 1. The molecule has 2 aliphatic heterocycles. The number of piperidine rings is 1. The molecule has 0 radical (unpaired) electrons. The van der Waals surface area contributed by atoms with Crippen LogP contribution in [-0.4, -0.2) is 64.7 Å². The Morgan fingerprint density at radius 3 is 3.03 bits per heavy atom. The summed E-state index contributed by atoms with van der Waals surface area (Å²) >= 11 is 4.09. The fraction of sp³-hybridized carbons (Fsp3) is 0.609. The van der Waals surface area contributed by atoms with Crippen molar-refractivity contribution in [2.24, 2.45) is 5.92 Å². The molecule has 2 aliphatic carbocycles.